The molecule has 2 aromatic rings. The number of ether oxygens (including phenoxy) is 2. The van der Waals surface area contributed by atoms with Crippen molar-refractivity contribution in [3.05, 3.63) is 45.4 Å². The van der Waals surface area contributed by atoms with Crippen LogP contribution in [0, 0.1) is 0 Å². The van der Waals surface area contributed by atoms with Gasteiger partial charge in [-0.1, -0.05) is 6.07 Å². The molecule has 0 aliphatic carbocycles. The Morgan fingerprint density at radius 2 is 2.33 bits per heavy atom. The zero-order valence-corrected chi connectivity index (χ0v) is 13.8. The van der Waals surface area contributed by atoms with Gasteiger partial charge in [0.1, 0.15) is 16.5 Å². The molecule has 1 aromatic carbocycles. The van der Waals surface area contributed by atoms with E-state index in [2.05, 4.69) is 10.3 Å². The van der Waals surface area contributed by atoms with Crippen LogP contribution >= 0.6 is 11.3 Å². The molecule has 1 aliphatic heterocycles. The number of thiazole rings is 1. The van der Waals surface area contributed by atoms with Crippen molar-refractivity contribution in [2.75, 3.05) is 13.7 Å². The molecule has 1 aliphatic rings. The highest BCUT2D eigenvalue weighted by Crippen LogP contribution is 2.28. The Morgan fingerprint density at radius 1 is 1.50 bits per heavy atom. The van der Waals surface area contributed by atoms with E-state index in [-0.39, 0.29) is 5.69 Å². The van der Waals surface area contributed by atoms with Crippen molar-refractivity contribution in [3.63, 3.8) is 0 Å². The molecule has 8 heteroatoms. The van der Waals surface area contributed by atoms with Crippen molar-refractivity contribution >= 4 is 23.2 Å². The largest absolute Gasteiger partial charge is 0.493 e. The Morgan fingerprint density at radius 3 is 3.08 bits per heavy atom. The third kappa shape index (κ3) is 3.39. The van der Waals surface area contributed by atoms with Crippen LogP contribution in [0.15, 0.2) is 23.6 Å². The topological polar surface area (TPSA) is 97.8 Å². The molecular formula is C16H16N2O5S. The Labute approximate surface area is 142 Å². The van der Waals surface area contributed by atoms with Gasteiger partial charge in [0.2, 0.25) is 0 Å². The molecule has 2 heterocycles. The van der Waals surface area contributed by atoms with E-state index in [1.165, 1.54) is 11.3 Å². The average Bonchev–Trinajstić information content (AvgIpc) is 3.20. The fraction of sp³-hybridized carbons (Fsp3) is 0.312. The molecule has 0 radical (unpaired) electrons. The van der Waals surface area contributed by atoms with Crippen LogP contribution in [-0.4, -0.2) is 35.7 Å². The van der Waals surface area contributed by atoms with E-state index >= 15 is 0 Å². The summed E-state index contributed by atoms with van der Waals surface area (Å²) in [6, 6.07) is 4.01. The standard InChI is InChI=1S/C16H16N2O5S/c1-22-7-13-17-11(8-24-13)15(19)18-14(16(20)21)10-2-3-12-9(6-10)4-5-23-12/h2-3,6,8,14H,4-5,7H2,1H3,(H,18,19)(H,20,21)/t14-/m0/s1. The molecule has 1 atom stereocenters. The van der Waals surface area contributed by atoms with Crippen LogP contribution in [0.5, 0.6) is 5.75 Å². The monoisotopic (exact) mass is 348 g/mol. The first-order valence-corrected chi connectivity index (χ1v) is 8.19. The van der Waals surface area contributed by atoms with Crippen molar-refractivity contribution in [1.29, 1.82) is 0 Å². The second-order valence-electron chi connectivity index (χ2n) is 5.27. The molecule has 0 saturated heterocycles. The minimum absolute atomic E-state index is 0.183. The van der Waals surface area contributed by atoms with Crippen molar-refractivity contribution in [1.82, 2.24) is 10.3 Å². The number of nitrogens with zero attached hydrogens (tertiary/aromatic N) is 1. The summed E-state index contributed by atoms with van der Waals surface area (Å²) in [5, 5.41) is 14.2. The maximum absolute atomic E-state index is 12.3. The number of hydrogen-bond donors (Lipinski definition) is 2. The summed E-state index contributed by atoms with van der Waals surface area (Å²) >= 11 is 1.29. The zero-order chi connectivity index (χ0) is 17.1. The van der Waals surface area contributed by atoms with Crippen molar-refractivity contribution in [2.45, 2.75) is 19.1 Å². The summed E-state index contributed by atoms with van der Waals surface area (Å²) in [4.78, 5) is 28.0. The molecule has 7 nitrogen and oxygen atoms in total. The molecule has 3 rings (SSSR count). The number of fused-ring (bicyclic) bond motifs is 1. The molecule has 1 amide bonds. The first-order chi connectivity index (χ1) is 11.6. The minimum atomic E-state index is -1.14. The normalized spacial score (nSPS) is 13.9. The van der Waals surface area contributed by atoms with Gasteiger partial charge in [-0.3, -0.25) is 4.79 Å². The van der Waals surface area contributed by atoms with Crippen LogP contribution in [0.1, 0.15) is 32.7 Å². The summed E-state index contributed by atoms with van der Waals surface area (Å²) in [7, 11) is 1.54. The Kier molecular flexibility index (Phi) is 4.77. The summed E-state index contributed by atoms with van der Waals surface area (Å²) in [6.45, 7) is 0.898. The van der Waals surface area contributed by atoms with Crippen molar-refractivity contribution in [3.8, 4) is 5.75 Å². The predicted octanol–water partition coefficient (Wildman–Crippen LogP) is 1.78. The van der Waals surface area contributed by atoms with E-state index in [1.54, 1.807) is 30.7 Å². The summed E-state index contributed by atoms with van der Waals surface area (Å²) in [5.41, 5.74) is 1.64. The quantitative estimate of drug-likeness (QED) is 0.826. The van der Waals surface area contributed by atoms with Gasteiger partial charge < -0.3 is 19.9 Å². The maximum Gasteiger partial charge on any atom is 0.330 e. The first-order valence-electron chi connectivity index (χ1n) is 7.31. The van der Waals surface area contributed by atoms with Gasteiger partial charge in [-0.15, -0.1) is 11.3 Å². The number of benzene rings is 1. The van der Waals surface area contributed by atoms with Crippen LogP contribution in [-0.2, 0) is 22.6 Å². The fourth-order valence-electron chi connectivity index (χ4n) is 2.48. The van der Waals surface area contributed by atoms with Crippen LogP contribution in [0.3, 0.4) is 0 Å². The SMILES string of the molecule is COCc1nc(C(=O)N[C@H](C(=O)O)c2ccc3c(c2)CCO3)cs1. The van der Waals surface area contributed by atoms with E-state index in [4.69, 9.17) is 9.47 Å². The van der Waals surface area contributed by atoms with Crippen LogP contribution in [0.4, 0.5) is 0 Å². The Hall–Kier alpha value is -2.45. The number of carbonyl (C=O) groups excluding carboxylic acids is 1. The smallest absolute Gasteiger partial charge is 0.330 e. The van der Waals surface area contributed by atoms with Gasteiger partial charge in [0, 0.05) is 18.9 Å². The van der Waals surface area contributed by atoms with Gasteiger partial charge in [-0.05, 0) is 23.3 Å². The van der Waals surface area contributed by atoms with Crippen molar-refractivity contribution in [2.24, 2.45) is 0 Å². The minimum Gasteiger partial charge on any atom is -0.493 e. The Balaban J connectivity index is 1.78. The number of carboxylic acids is 1. The number of aromatic nitrogens is 1. The molecule has 2 N–H and O–H groups in total. The molecule has 126 valence electrons. The second kappa shape index (κ2) is 6.98. The van der Waals surface area contributed by atoms with Crippen LogP contribution in [0.25, 0.3) is 0 Å². The molecular weight excluding hydrogens is 332 g/mol. The lowest BCUT2D eigenvalue weighted by molar-refractivity contribution is -0.139. The van der Waals surface area contributed by atoms with E-state index in [0.29, 0.717) is 23.8 Å². The summed E-state index contributed by atoms with van der Waals surface area (Å²) < 4.78 is 10.4. The molecule has 1 aromatic heterocycles. The van der Waals surface area contributed by atoms with Gasteiger partial charge in [-0.2, -0.15) is 0 Å². The third-order valence-electron chi connectivity index (χ3n) is 3.62. The molecule has 0 bridgehead atoms. The van der Waals surface area contributed by atoms with E-state index in [0.717, 1.165) is 17.7 Å². The van der Waals surface area contributed by atoms with Gasteiger partial charge in [0.05, 0.1) is 13.2 Å². The predicted molar refractivity (Wildman–Crippen MR) is 86.3 cm³/mol. The van der Waals surface area contributed by atoms with Gasteiger partial charge in [-0.25, -0.2) is 9.78 Å². The van der Waals surface area contributed by atoms with Gasteiger partial charge >= 0.3 is 5.97 Å². The molecule has 0 fully saturated rings. The number of methoxy groups -OCH3 is 1. The highest BCUT2D eigenvalue weighted by Gasteiger charge is 2.25. The average molecular weight is 348 g/mol. The highest BCUT2D eigenvalue weighted by atomic mass is 32.1. The van der Waals surface area contributed by atoms with E-state index in [9.17, 15) is 14.7 Å². The number of hydrogen-bond acceptors (Lipinski definition) is 6. The number of nitrogens with one attached hydrogen (secondary N) is 1. The molecule has 0 unspecified atom stereocenters. The fourth-order valence-corrected chi connectivity index (χ4v) is 3.23. The van der Waals surface area contributed by atoms with Gasteiger partial charge in [0.25, 0.3) is 5.91 Å². The lowest BCUT2D eigenvalue weighted by Crippen LogP contribution is -2.34. The number of amides is 1. The number of aliphatic carboxylic acids is 1. The van der Waals surface area contributed by atoms with E-state index < -0.39 is 17.9 Å². The molecule has 0 spiro atoms. The maximum atomic E-state index is 12.3. The third-order valence-corrected chi connectivity index (χ3v) is 4.44. The summed E-state index contributed by atoms with van der Waals surface area (Å²) in [6.07, 6.45) is 0.732. The Bertz CT molecular complexity index is 774. The van der Waals surface area contributed by atoms with Crippen LogP contribution in [0.2, 0.25) is 0 Å². The van der Waals surface area contributed by atoms with Crippen LogP contribution < -0.4 is 10.1 Å². The lowest BCUT2D eigenvalue weighted by Gasteiger charge is -2.15. The highest BCUT2D eigenvalue weighted by molar-refractivity contribution is 7.09. The second-order valence-corrected chi connectivity index (χ2v) is 6.21. The molecule has 24 heavy (non-hydrogen) atoms. The van der Waals surface area contributed by atoms with Gasteiger partial charge in [0.15, 0.2) is 6.04 Å². The molecule has 0 saturated carbocycles. The lowest BCUT2D eigenvalue weighted by atomic mass is 10.0. The zero-order valence-electron chi connectivity index (χ0n) is 12.9. The number of rotatable bonds is 6. The van der Waals surface area contributed by atoms with E-state index in [1.807, 2.05) is 0 Å². The first kappa shape index (κ1) is 16.4. The summed E-state index contributed by atoms with van der Waals surface area (Å²) in [5.74, 6) is -0.898. The van der Waals surface area contributed by atoms with Crippen molar-refractivity contribution < 1.29 is 24.2 Å². The number of carbonyl (C=O) groups is 2. The number of carboxylic acid groups (broad SMARTS) is 1.